The lowest BCUT2D eigenvalue weighted by Gasteiger charge is -2.07. The van der Waals surface area contributed by atoms with Crippen molar-refractivity contribution in [1.82, 2.24) is 0 Å². The molecule has 0 spiro atoms. The lowest BCUT2D eigenvalue weighted by Crippen LogP contribution is -1.97. The Morgan fingerprint density at radius 1 is 0.840 bits per heavy atom. The van der Waals surface area contributed by atoms with Gasteiger partial charge in [-0.3, -0.25) is 0 Å². The summed E-state index contributed by atoms with van der Waals surface area (Å²) in [5.74, 6) is -1.23. The van der Waals surface area contributed by atoms with Crippen LogP contribution in [0.2, 0.25) is 0 Å². The minimum absolute atomic E-state index is 0.292. The van der Waals surface area contributed by atoms with Crippen molar-refractivity contribution in [3.05, 3.63) is 89.5 Å². The summed E-state index contributed by atoms with van der Waals surface area (Å²) in [5, 5.41) is 17.7. The zero-order valence-corrected chi connectivity index (χ0v) is 15.2. The minimum Gasteiger partial charge on any atom is -0.477 e. The van der Waals surface area contributed by atoms with Gasteiger partial charge in [-0.25, -0.2) is 4.79 Å². The highest BCUT2D eigenvalue weighted by atomic mass is 16.4. The van der Waals surface area contributed by atoms with Crippen LogP contribution in [-0.2, 0) is 4.79 Å². The number of allylic oxidation sites excluding steroid dienone is 2. The number of carboxylic acids is 1. The molecule has 2 aromatic rings. The molecule has 0 aromatic heterocycles. The largest absolute Gasteiger partial charge is 0.477 e. The van der Waals surface area contributed by atoms with Crippen LogP contribution >= 0.6 is 0 Å². The van der Waals surface area contributed by atoms with E-state index in [1.165, 1.54) is 6.08 Å². The van der Waals surface area contributed by atoms with Crippen LogP contribution in [-0.4, -0.2) is 11.1 Å². The van der Waals surface area contributed by atoms with E-state index in [-0.39, 0.29) is 5.57 Å². The normalized spacial score (nSPS) is 9.32. The smallest absolute Gasteiger partial charge is 0.346 e. The van der Waals surface area contributed by atoms with E-state index < -0.39 is 5.97 Å². The van der Waals surface area contributed by atoms with E-state index in [0.29, 0.717) is 0 Å². The zero-order valence-electron chi connectivity index (χ0n) is 15.2. The third-order valence-corrected chi connectivity index (χ3v) is 2.94. The van der Waals surface area contributed by atoms with Crippen molar-refractivity contribution in [2.24, 2.45) is 0 Å². The van der Waals surface area contributed by atoms with Gasteiger partial charge in [0.1, 0.15) is 11.6 Å². The Hall–Kier alpha value is -3.12. The van der Waals surface area contributed by atoms with Crippen LogP contribution in [0.3, 0.4) is 0 Å². The summed E-state index contributed by atoms with van der Waals surface area (Å²) >= 11 is 0. The number of hydrogen-bond donors (Lipinski definition) is 1. The van der Waals surface area contributed by atoms with Gasteiger partial charge in [-0.1, -0.05) is 94.4 Å². The van der Waals surface area contributed by atoms with Gasteiger partial charge in [-0.2, -0.15) is 5.26 Å². The third kappa shape index (κ3) is 7.32. The summed E-state index contributed by atoms with van der Waals surface area (Å²) in [6.45, 7) is 8.00. The molecule has 0 aliphatic carbocycles. The van der Waals surface area contributed by atoms with Crippen molar-refractivity contribution in [2.75, 3.05) is 0 Å². The molecule has 25 heavy (non-hydrogen) atoms. The van der Waals surface area contributed by atoms with Crippen LogP contribution in [0, 0.1) is 11.3 Å². The minimum atomic E-state index is -1.23. The first-order valence-electron chi connectivity index (χ1n) is 8.38. The fourth-order valence-corrected chi connectivity index (χ4v) is 1.92. The van der Waals surface area contributed by atoms with Crippen LogP contribution in [0.4, 0.5) is 0 Å². The first-order chi connectivity index (χ1) is 12.2. The van der Waals surface area contributed by atoms with E-state index in [9.17, 15) is 4.79 Å². The maximum absolute atomic E-state index is 10.9. The summed E-state index contributed by atoms with van der Waals surface area (Å²) in [7, 11) is 0. The van der Waals surface area contributed by atoms with E-state index in [1.807, 2.05) is 88.4 Å². The van der Waals surface area contributed by atoms with Crippen LogP contribution in [0.15, 0.2) is 78.4 Å². The van der Waals surface area contributed by atoms with Crippen molar-refractivity contribution < 1.29 is 9.90 Å². The second-order valence-electron chi connectivity index (χ2n) is 4.31. The van der Waals surface area contributed by atoms with Crippen molar-refractivity contribution in [2.45, 2.75) is 27.7 Å². The number of carbonyl (C=O) groups is 1. The Balaban J connectivity index is 0.00000134. The second kappa shape index (κ2) is 13.3. The maximum atomic E-state index is 10.9. The summed E-state index contributed by atoms with van der Waals surface area (Å²) in [6.07, 6.45) is 3.00. The van der Waals surface area contributed by atoms with Crippen LogP contribution in [0.1, 0.15) is 38.8 Å². The molecule has 0 radical (unpaired) electrons. The van der Waals surface area contributed by atoms with E-state index >= 15 is 0 Å². The number of benzene rings is 2. The molecule has 0 saturated carbocycles. The highest BCUT2D eigenvalue weighted by molar-refractivity contribution is 5.92. The van der Waals surface area contributed by atoms with Gasteiger partial charge in [0.05, 0.1) is 0 Å². The highest BCUT2D eigenvalue weighted by Crippen LogP contribution is 2.23. The molecule has 2 rings (SSSR count). The highest BCUT2D eigenvalue weighted by Gasteiger charge is 2.06. The molecule has 0 atom stereocenters. The average molecular weight is 335 g/mol. The summed E-state index contributed by atoms with van der Waals surface area (Å²) in [4.78, 5) is 10.9. The SMILES string of the molecule is CC.CC.N#C/C(=C\C=C(c1ccccc1)c1ccccc1)C(=O)O. The topological polar surface area (TPSA) is 61.1 Å². The molecule has 0 unspecified atom stereocenters. The van der Waals surface area contributed by atoms with Gasteiger partial charge in [0.15, 0.2) is 0 Å². The van der Waals surface area contributed by atoms with Crippen molar-refractivity contribution in [1.29, 1.82) is 5.26 Å². The Kier molecular flexibility index (Phi) is 11.7. The molecule has 0 aliphatic heterocycles. The summed E-state index contributed by atoms with van der Waals surface area (Å²) < 4.78 is 0. The Morgan fingerprint density at radius 3 is 1.56 bits per heavy atom. The predicted octanol–water partition coefficient (Wildman–Crippen LogP) is 5.71. The number of hydrogen-bond acceptors (Lipinski definition) is 2. The molecule has 0 bridgehead atoms. The number of nitrogens with zero attached hydrogens (tertiary/aromatic N) is 1. The molecule has 0 heterocycles. The molecular formula is C22H25NO2. The van der Waals surface area contributed by atoms with E-state index in [4.69, 9.17) is 10.4 Å². The van der Waals surface area contributed by atoms with Gasteiger partial charge >= 0.3 is 5.97 Å². The molecule has 1 N–H and O–H groups in total. The van der Waals surface area contributed by atoms with Crippen molar-refractivity contribution >= 4 is 11.5 Å². The molecule has 0 saturated heterocycles. The Morgan fingerprint density at radius 2 is 1.24 bits per heavy atom. The van der Waals surface area contributed by atoms with Crippen molar-refractivity contribution in [3.63, 3.8) is 0 Å². The first-order valence-corrected chi connectivity index (χ1v) is 8.38. The summed E-state index contributed by atoms with van der Waals surface area (Å²) in [5.41, 5.74) is 2.50. The molecule has 0 aliphatic rings. The van der Waals surface area contributed by atoms with Crippen LogP contribution in [0.5, 0.6) is 0 Å². The molecular weight excluding hydrogens is 310 g/mol. The second-order valence-corrected chi connectivity index (χ2v) is 4.31. The maximum Gasteiger partial charge on any atom is 0.346 e. The molecule has 3 heteroatoms. The Labute approximate surface area is 150 Å². The monoisotopic (exact) mass is 335 g/mol. The quantitative estimate of drug-likeness (QED) is 0.442. The molecule has 0 fully saturated rings. The molecule has 130 valence electrons. The number of nitriles is 1. The van der Waals surface area contributed by atoms with Gasteiger partial charge in [0.25, 0.3) is 0 Å². The van der Waals surface area contributed by atoms with E-state index in [0.717, 1.165) is 16.7 Å². The first kappa shape index (κ1) is 21.9. The van der Waals surface area contributed by atoms with Gasteiger partial charge in [0.2, 0.25) is 0 Å². The zero-order chi connectivity index (χ0) is 19.1. The van der Waals surface area contributed by atoms with Gasteiger partial charge in [-0.05, 0) is 22.8 Å². The van der Waals surface area contributed by atoms with Gasteiger partial charge < -0.3 is 5.11 Å². The standard InChI is InChI=1S/C18H13NO2.2C2H6/c19-13-16(18(20)21)11-12-17(14-7-3-1-4-8-14)15-9-5-2-6-10-15;2*1-2/h1-12H,(H,20,21);2*1-2H3/b16-11+;;. The fraction of sp³-hybridized carbons (Fsp3) is 0.182. The number of rotatable bonds is 4. The van der Waals surface area contributed by atoms with Gasteiger partial charge in [-0.15, -0.1) is 0 Å². The number of carboxylic acid groups (broad SMARTS) is 1. The van der Waals surface area contributed by atoms with Crippen molar-refractivity contribution in [3.8, 4) is 6.07 Å². The van der Waals surface area contributed by atoms with Crippen LogP contribution < -0.4 is 0 Å². The fourth-order valence-electron chi connectivity index (χ4n) is 1.92. The number of aliphatic carboxylic acids is 1. The Bertz CT molecular complexity index is 682. The molecule has 3 nitrogen and oxygen atoms in total. The van der Waals surface area contributed by atoms with Gasteiger partial charge in [0, 0.05) is 0 Å². The summed E-state index contributed by atoms with van der Waals surface area (Å²) in [6, 6.07) is 20.9. The predicted molar refractivity (Wildman–Crippen MR) is 104 cm³/mol. The molecule has 0 amide bonds. The molecule has 2 aromatic carbocycles. The van der Waals surface area contributed by atoms with E-state index in [2.05, 4.69) is 0 Å². The van der Waals surface area contributed by atoms with E-state index in [1.54, 1.807) is 12.1 Å². The average Bonchev–Trinajstić information content (AvgIpc) is 2.69. The third-order valence-electron chi connectivity index (χ3n) is 2.94. The lowest BCUT2D eigenvalue weighted by molar-refractivity contribution is -0.132. The van der Waals surface area contributed by atoms with Crippen LogP contribution in [0.25, 0.3) is 5.57 Å². The lowest BCUT2D eigenvalue weighted by atomic mass is 9.97.